The molecule has 2 heterocycles. The molecule has 2 fully saturated rings. The van der Waals surface area contributed by atoms with E-state index in [-0.39, 0.29) is 23.7 Å². The molecule has 1 aromatic heterocycles. The van der Waals surface area contributed by atoms with Crippen molar-refractivity contribution in [2.24, 2.45) is 0 Å². The van der Waals surface area contributed by atoms with E-state index in [2.05, 4.69) is 59.1 Å². The molecule has 1 aliphatic heterocycles. The van der Waals surface area contributed by atoms with E-state index in [4.69, 9.17) is 0 Å². The largest absolute Gasteiger partial charge is 0.350 e. The highest BCUT2D eigenvalue weighted by molar-refractivity contribution is 5.91. The van der Waals surface area contributed by atoms with Crippen LogP contribution in [0.5, 0.6) is 0 Å². The van der Waals surface area contributed by atoms with Crippen LogP contribution in [0.2, 0.25) is 0 Å². The van der Waals surface area contributed by atoms with Gasteiger partial charge in [-0.3, -0.25) is 4.79 Å². The molecule has 0 unspecified atom stereocenters. The van der Waals surface area contributed by atoms with Crippen molar-refractivity contribution in [2.45, 2.75) is 69.7 Å². The molecular formula is C23H34ClN5O. The van der Waals surface area contributed by atoms with Gasteiger partial charge in [-0.25, -0.2) is 4.68 Å². The summed E-state index contributed by atoms with van der Waals surface area (Å²) in [5, 5.41) is 14.9. The number of aromatic nitrogens is 3. The molecule has 0 radical (unpaired) electrons. The maximum absolute atomic E-state index is 12.8. The zero-order valence-electron chi connectivity index (χ0n) is 18.1. The number of hydrogen-bond acceptors (Lipinski definition) is 4. The fourth-order valence-corrected chi connectivity index (χ4v) is 4.81. The molecule has 1 saturated carbocycles. The highest BCUT2D eigenvalue weighted by atomic mass is 35.5. The fraction of sp³-hybridized carbons (Fsp3) is 0.609. The normalized spacial score (nSPS) is 18.9. The van der Waals surface area contributed by atoms with Gasteiger partial charge in [0, 0.05) is 12.0 Å². The minimum Gasteiger partial charge on any atom is -0.350 e. The van der Waals surface area contributed by atoms with Gasteiger partial charge >= 0.3 is 0 Å². The number of nitrogens with zero attached hydrogens (tertiary/aromatic N) is 3. The molecule has 4 rings (SSSR count). The summed E-state index contributed by atoms with van der Waals surface area (Å²) in [7, 11) is 0. The Morgan fingerprint density at radius 2 is 1.87 bits per heavy atom. The molecule has 7 heteroatoms. The number of nitrogens with one attached hydrogen (secondary N) is 2. The molecule has 6 nitrogen and oxygen atoms in total. The number of piperidine rings is 1. The Hall–Kier alpha value is -1.92. The van der Waals surface area contributed by atoms with Crippen LogP contribution in [-0.2, 0) is 5.41 Å². The quantitative estimate of drug-likeness (QED) is 0.725. The van der Waals surface area contributed by atoms with E-state index in [0.717, 1.165) is 38.8 Å². The molecule has 2 aromatic rings. The number of carbonyl (C=O) groups is 1. The lowest BCUT2D eigenvalue weighted by molar-refractivity contribution is 0.0938. The summed E-state index contributed by atoms with van der Waals surface area (Å²) in [4.78, 5) is 12.8. The van der Waals surface area contributed by atoms with Crippen molar-refractivity contribution in [3.8, 4) is 0 Å². The van der Waals surface area contributed by atoms with Crippen LogP contribution in [0.15, 0.2) is 30.5 Å². The average Bonchev–Trinajstić information content (AvgIpc) is 3.44. The van der Waals surface area contributed by atoms with Crippen LogP contribution in [0.3, 0.4) is 0 Å². The zero-order valence-corrected chi connectivity index (χ0v) is 18.9. The summed E-state index contributed by atoms with van der Waals surface area (Å²) in [6, 6.07) is 9.35. The lowest BCUT2D eigenvalue weighted by Crippen LogP contribution is -2.39. The second-order valence-corrected chi connectivity index (χ2v) is 9.01. The molecule has 0 spiro atoms. The van der Waals surface area contributed by atoms with E-state index in [1.54, 1.807) is 0 Å². The van der Waals surface area contributed by atoms with Gasteiger partial charge in [0.1, 0.15) is 0 Å². The third-order valence-corrected chi connectivity index (χ3v) is 6.76. The second-order valence-electron chi connectivity index (χ2n) is 9.01. The van der Waals surface area contributed by atoms with Crippen molar-refractivity contribution in [3.05, 3.63) is 47.3 Å². The first-order chi connectivity index (χ1) is 14.1. The summed E-state index contributed by atoms with van der Waals surface area (Å²) in [5.41, 5.74) is 3.17. The first kappa shape index (κ1) is 22.8. The second kappa shape index (κ2) is 9.92. The number of halogens is 1. The van der Waals surface area contributed by atoms with E-state index in [1.165, 1.54) is 24.0 Å². The first-order valence-electron chi connectivity index (χ1n) is 11.1. The minimum atomic E-state index is -0.115. The molecule has 1 amide bonds. The lowest BCUT2D eigenvalue weighted by atomic mass is 9.78. The van der Waals surface area contributed by atoms with Crippen molar-refractivity contribution in [1.82, 2.24) is 25.6 Å². The molecule has 0 bridgehead atoms. The Morgan fingerprint density at radius 3 is 2.50 bits per heavy atom. The summed E-state index contributed by atoms with van der Waals surface area (Å²) in [5.74, 6) is 0.418. The average molecular weight is 432 g/mol. The number of hydrogen-bond donors (Lipinski definition) is 2. The number of carbonyl (C=O) groups excluding carboxylic acids is 1. The van der Waals surface area contributed by atoms with Gasteiger partial charge < -0.3 is 10.6 Å². The SMILES string of the molecule is CC(C)c1ccc(C2(CNC(=O)c3cn(C4CCNCC4)nn3)CCCC2)cc1.Cl. The Kier molecular flexibility index (Phi) is 7.53. The minimum absolute atomic E-state index is 0. The molecule has 1 saturated heterocycles. The summed E-state index contributed by atoms with van der Waals surface area (Å²) in [6.45, 7) is 7.08. The Bertz CT molecular complexity index is 820. The van der Waals surface area contributed by atoms with E-state index < -0.39 is 0 Å². The predicted molar refractivity (Wildman–Crippen MR) is 121 cm³/mol. The number of amides is 1. The van der Waals surface area contributed by atoms with Crippen LogP contribution in [0.1, 0.15) is 85.9 Å². The van der Waals surface area contributed by atoms with Crippen LogP contribution < -0.4 is 10.6 Å². The van der Waals surface area contributed by atoms with Gasteiger partial charge in [-0.1, -0.05) is 56.2 Å². The highest BCUT2D eigenvalue weighted by Crippen LogP contribution is 2.41. The molecule has 2 N–H and O–H groups in total. The van der Waals surface area contributed by atoms with Crippen LogP contribution in [-0.4, -0.2) is 40.5 Å². The summed E-state index contributed by atoms with van der Waals surface area (Å²) < 4.78 is 1.87. The third kappa shape index (κ3) is 4.86. The van der Waals surface area contributed by atoms with E-state index in [1.807, 2.05) is 10.9 Å². The molecular weight excluding hydrogens is 398 g/mol. The monoisotopic (exact) mass is 431 g/mol. The Morgan fingerprint density at radius 1 is 1.20 bits per heavy atom. The van der Waals surface area contributed by atoms with Crippen molar-refractivity contribution >= 4 is 18.3 Å². The predicted octanol–water partition coefficient (Wildman–Crippen LogP) is 3.99. The topological polar surface area (TPSA) is 71.8 Å². The molecule has 0 atom stereocenters. The molecule has 2 aliphatic rings. The van der Waals surface area contributed by atoms with Crippen molar-refractivity contribution in [3.63, 3.8) is 0 Å². The van der Waals surface area contributed by atoms with Gasteiger partial charge in [0.2, 0.25) is 0 Å². The van der Waals surface area contributed by atoms with Gasteiger partial charge in [-0.2, -0.15) is 0 Å². The van der Waals surface area contributed by atoms with Crippen molar-refractivity contribution < 1.29 is 4.79 Å². The maximum atomic E-state index is 12.8. The highest BCUT2D eigenvalue weighted by Gasteiger charge is 2.36. The Balaban J connectivity index is 0.00000256. The summed E-state index contributed by atoms with van der Waals surface area (Å²) >= 11 is 0. The van der Waals surface area contributed by atoms with Gasteiger partial charge in [0.05, 0.1) is 12.2 Å². The summed E-state index contributed by atoms with van der Waals surface area (Å²) in [6.07, 6.45) is 8.54. The number of rotatable bonds is 6. The van der Waals surface area contributed by atoms with Gasteiger partial charge in [0.25, 0.3) is 5.91 Å². The van der Waals surface area contributed by atoms with E-state index in [9.17, 15) is 4.79 Å². The van der Waals surface area contributed by atoms with Crippen molar-refractivity contribution in [2.75, 3.05) is 19.6 Å². The Labute approximate surface area is 185 Å². The third-order valence-electron chi connectivity index (χ3n) is 6.76. The van der Waals surface area contributed by atoms with E-state index in [0.29, 0.717) is 24.2 Å². The van der Waals surface area contributed by atoms with Gasteiger partial charge in [0.15, 0.2) is 5.69 Å². The van der Waals surface area contributed by atoms with Crippen LogP contribution >= 0.6 is 12.4 Å². The zero-order chi connectivity index (χ0) is 20.3. The van der Waals surface area contributed by atoms with Gasteiger partial charge in [-0.15, -0.1) is 17.5 Å². The van der Waals surface area contributed by atoms with Crippen LogP contribution in [0.4, 0.5) is 0 Å². The number of benzene rings is 1. The smallest absolute Gasteiger partial charge is 0.273 e. The standard InChI is InChI=1S/C23H33N5O.ClH/c1-17(2)18-5-7-19(8-6-18)23(11-3-4-12-23)16-25-22(29)21-15-28(27-26-21)20-9-13-24-14-10-20;/h5-8,15,17,20,24H,3-4,9-14,16H2,1-2H3,(H,25,29);1H. The van der Waals surface area contributed by atoms with Crippen LogP contribution in [0.25, 0.3) is 0 Å². The van der Waals surface area contributed by atoms with Crippen molar-refractivity contribution in [1.29, 1.82) is 0 Å². The fourth-order valence-electron chi connectivity index (χ4n) is 4.81. The molecule has 164 valence electrons. The molecule has 30 heavy (non-hydrogen) atoms. The lowest BCUT2D eigenvalue weighted by Gasteiger charge is -2.30. The van der Waals surface area contributed by atoms with Crippen LogP contribution in [0, 0.1) is 0 Å². The molecule has 1 aliphatic carbocycles. The first-order valence-corrected chi connectivity index (χ1v) is 11.1. The maximum Gasteiger partial charge on any atom is 0.273 e. The van der Waals surface area contributed by atoms with E-state index >= 15 is 0 Å². The molecule has 1 aromatic carbocycles. The van der Waals surface area contributed by atoms with Gasteiger partial charge in [-0.05, 0) is 55.8 Å².